The first-order chi connectivity index (χ1) is 11.5. The molecule has 6 heteroatoms. The Balaban J connectivity index is 1.86. The minimum Gasteiger partial charge on any atom is -0.457 e. The first-order valence-corrected chi connectivity index (χ1v) is 7.58. The van der Waals surface area contributed by atoms with Crippen LogP contribution >= 0.6 is 0 Å². The van der Waals surface area contributed by atoms with Crippen LogP contribution in [0, 0.1) is 0 Å². The van der Waals surface area contributed by atoms with Gasteiger partial charge in [-0.15, -0.1) is 0 Å². The number of nitrogens with zero attached hydrogens (tertiary/aromatic N) is 1. The second-order valence-electron chi connectivity index (χ2n) is 5.48. The van der Waals surface area contributed by atoms with Crippen molar-refractivity contribution in [3.8, 4) is 11.5 Å². The highest BCUT2D eigenvalue weighted by molar-refractivity contribution is 5.80. The van der Waals surface area contributed by atoms with Crippen molar-refractivity contribution >= 4 is 11.8 Å². The molecular weight excluding hydrogens is 306 g/mol. The van der Waals surface area contributed by atoms with Gasteiger partial charge in [0.05, 0.1) is 13.1 Å². The molecule has 2 aromatic carbocycles. The van der Waals surface area contributed by atoms with Crippen LogP contribution in [-0.2, 0) is 16.1 Å². The van der Waals surface area contributed by atoms with E-state index in [1.807, 2.05) is 54.6 Å². The average Bonchev–Trinajstić information content (AvgIpc) is 2.53. The predicted octanol–water partition coefficient (Wildman–Crippen LogP) is 1.51. The summed E-state index contributed by atoms with van der Waals surface area (Å²) in [5, 5.41) is 2.81. The van der Waals surface area contributed by atoms with Crippen molar-refractivity contribution < 1.29 is 14.3 Å². The first-order valence-electron chi connectivity index (χ1n) is 7.58. The summed E-state index contributed by atoms with van der Waals surface area (Å²) in [5.41, 5.74) is 6.01. The number of carbonyl (C=O) groups excluding carboxylic acids is 2. The smallest absolute Gasteiger partial charge is 0.234 e. The van der Waals surface area contributed by atoms with Crippen molar-refractivity contribution in [2.45, 2.75) is 6.54 Å². The number of nitrogens with two attached hydrogens (primary N) is 1. The monoisotopic (exact) mass is 327 g/mol. The largest absolute Gasteiger partial charge is 0.457 e. The molecular formula is C18H21N3O3. The van der Waals surface area contributed by atoms with Crippen molar-refractivity contribution in [2.75, 3.05) is 20.1 Å². The Bertz CT molecular complexity index is 689. The van der Waals surface area contributed by atoms with Crippen LogP contribution in [0.4, 0.5) is 0 Å². The Labute approximate surface area is 141 Å². The Hall–Kier alpha value is -2.86. The molecule has 0 saturated carbocycles. The molecule has 0 aromatic heterocycles. The number of likely N-dealkylation sites (N-methyl/N-ethyl adjacent to an activating group) is 1. The van der Waals surface area contributed by atoms with Gasteiger partial charge in [-0.3, -0.25) is 14.5 Å². The lowest BCUT2D eigenvalue weighted by molar-refractivity contribution is -0.123. The van der Waals surface area contributed by atoms with Crippen LogP contribution in [0.15, 0.2) is 54.6 Å². The van der Waals surface area contributed by atoms with Crippen molar-refractivity contribution in [3.63, 3.8) is 0 Å². The maximum atomic E-state index is 11.8. The summed E-state index contributed by atoms with van der Waals surface area (Å²) in [6.45, 7) is 0.548. The molecule has 126 valence electrons. The highest BCUT2D eigenvalue weighted by atomic mass is 16.5. The van der Waals surface area contributed by atoms with E-state index in [0.29, 0.717) is 12.3 Å². The summed E-state index contributed by atoms with van der Waals surface area (Å²) in [7, 11) is 1.67. The van der Waals surface area contributed by atoms with Gasteiger partial charge in [-0.1, -0.05) is 30.3 Å². The molecule has 2 rings (SSSR count). The van der Waals surface area contributed by atoms with Gasteiger partial charge < -0.3 is 15.8 Å². The molecule has 2 aromatic rings. The lowest BCUT2D eigenvalue weighted by Gasteiger charge is -2.14. The number of amides is 2. The molecule has 0 aliphatic heterocycles. The third-order valence-corrected chi connectivity index (χ3v) is 3.21. The Morgan fingerprint density at radius 3 is 2.46 bits per heavy atom. The fourth-order valence-electron chi connectivity index (χ4n) is 2.17. The maximum Gasteiger partial charge on any atom is 0.234 e. The zero-order valence-electron chi connectivity index (χ0n) is 13.6. The molecule has 0 bridgehead atoms. The normalized spacial score (nSPS) is 10.4. The highest BCUT2D eigenvalue weighted by Gasteiger charge is 2.08. The standard InChI is InChI=1S/C18H21N3O3/c1-21(12-17(19)22)13-18(23)20-11-14-6-5-9-16(10-14)24-15-7-3-2-4-8-15/h2-10H,11-13H2,1H3,(H2,19,22)(H,20,23). The molecule has 0 aliphatic carbocycles. The molecule has 6 nitrogen and oxygen atoms in total. The molecule has 0 saturated heterocycles. The molecule has 0 fully saturated rings. The van der Waals surface area contributed by atoms with Crippen LogP contribution in [-0.4, -0.2) is 36.9 Å². The van der Waals surface area contributed by atoms with Crippen molar-refractivity contribution in [2.24, 2.45) is 5.73 Å². The fourth-order valence-corrected chi connectivity index (χ4v) is 2.17. The van der Waals surface area contributed by atoms with E-state index in [4.69, 9.17) is 10.5 Å². The first kappa shape index (κ1) is 17.5. The van der Waals surface area contributed by atoms with Crippen molar-refractivity contribution in [1.29, 1.82) is 0 Å². The van der Waals surface area contributed by atoms with E-state index in [1.54, 1.807) is 11.9 Å². The van der Waals surface area contributed by atoms with Crippen LogP contribution in [0.25, 0.3) is 0 Å². The number of carbonyl (C=O) groups is 2. The van der Waals surface area contributed by atoms with Gasteiger partial charge in [0.25, 0.3) is 0 Å². The quantitative estimate of drug-likeness (QED) is 0.770. The number of nitrogens with one attached hydrogen (secondary N) is 1. The van der Waals surface area contributed by atoms with E-state index < -0.39 is 5.91 Å². The van der Waals surface area contributed by atoms with Gasteiger partial charge in [0.15, 0.2) is 0 Å². The molecule has 0 atom stereocenters. The second-order valence-corrected chi connectivity index (χ2v) is 5.48. The molecule has 0 aliphatic rings. The summed E-state index contributed by atoms with van der Waals surface area (Å²) < 4.78 is 5.76. The van der Waals surface area contributed by atoms with Crippen LogP contribution in [0.2, 0.25) is 0 Å². The van der Waals surface area contributed by atoms with Crippen LogP contribution in [0.3, 0.4) is 0 Å². The lowest BCUT2D eigenvalue weighted by atomic mass is 10.2. The number of ether oxygens (including phenoxy) is 1. The van der Waals surface area contributed by atoms with E-state index in [9.17, 15) is 9.59 Å². The van der Waals surface area contributed by atoms with Crippen molar-refractivity contribution in [1.82, 2.24) is 10.2 Å². The van der Waals surface area contributed by atoms with Gasteiger partial charge in [-0.25, -0.2) is 0 Å². The van der Waals surface area contributed by atoms with Gasteiger partial charge in [-0.2, -0.15) is 0 Å². The lowest BCUT2D eigenvalue weighted by Crippen LogP contribution is -2.38. The minimum atomic E-state index is -0.462. The third kappa shape index (κ3) is 6.10. The summed E-state index contributed by atoms with van der Waals surface area (Å²) >= 11 is 0. The van der Waals surface area contributed by atoms with Crippen LogP contribution in [0.5, 0.6) is 11.5 Å². The molecule has 0 radical (unpaired) electrons. The van der Waals surface area contributed by atoms with E-state index in [1.165, 1.54) is 0 Å². The van der Waals surface area contributed by atoms with Gasteiger partial charge in [0, 0.05) is 6.54 Å². The molecule has 0 spiro atoms. The van der Waals surface area contributed by atoms with Crippen molar-refractivity contribution in [3.05, 3.63) is 60.2 Å². The molecule has 3 N–H and O–H groups in total. The predicted molar refractivity (Wildman–Crippen MR) is 91.5 cm³/mol. The summed E-state index contributed by atoms with van der Waals surface area (Å²) in [6, 6.07) is 17.0. The van der Waals surface area contributed by atoms with E-state index in [2.05, 4.69) is 5.32 Å². The van der Waals surface area contributed by atoms with E-state index in [-0.39, 0.29) is 19.0 Å². The number of rotatable bonds is 8. The molecule has 24 heavy (non-hydrogen) atoms. The highest BCUT2D eigenvalue weighted by Crippen LogP contribution is 2.21. The zero-order chi connectivity index (χ0) is 17.4. The van der Waals surface area contributed by atoms with Gasteiger partial charge in [0.1, 0.15) is 11.5 Å². The Kier molecular flexibility index (Phi) is 6.33. The molecule has 0 heterocycles. The van der Waals surface area contributed by atoms with Gasteiger partial charge in [0.2, 0.25) is 11.8 Å². The summed E-state index contributed by atoms with van der Waals surface area (Å²) in [4.78, 5) is 24.2. The Morgan fingerprint density at radius 2 is 1.75 bits per heavy atom. The summed E-state index contributed by atoms with van der Waals surface area (Å²) in [5.74, 6) is 0.828. The Morgan fingerprint density at radius 1 is 1.04 bits per heavy atom. The molecule has 2 amide bonds. The topological polar surface area (TPSA) is 84.7 Å². The van der Waals surface area contributed by atoms with E-state index >= 15 is 0 Å². The van der Waals surface area contributed by atoms with Crippen LogP contribution < -0.4 is 15.8 Å². The number of primary amides is 1. The zero-order valence-corrected chi connectivity index (χ0v) is 13.6. The third-order valence-electron chi connectivity index (χ3n) is 3.21. The van der Waals surface area contributed by atoms with Gasteiger partial charge in [-0.05, 0) is 36.9 Å². The van der Waals surface area contributed by atoms with E-state index in [0.717, 1.165) is 11.3 Å². The number of hydrogen-bond donors (Lipinski definition) is 2. The second kappa shape index (κ2) is 8.69. The summed E-state index contributed by atoms with van der Waals surface area (Å²) in [6.07, 6.45) is 0. The minimum absolute atomic E-state index is 0.0494. The molecule has 0 unspecified atom stereocenters. The number of benzene rings is 2. The number of hydrogen-bond acceptors (Lipinski definition) is 4. The average molecular weight is 327 g/mol. The van der Waals surface area contributed by atoms with Gasteiger partial charge >= 0.3 is 0 Å². The number of para-hydroxylation sites is 1. The fraction of sp³-hybridized carbons (Fsp3) is 0.222. The maximum absolute atomic E-state index is 11.8. The van der Waals surface area contributed by atoms with Crippen LogP contribution in [0.1, 0.15) is 5.56 Å². The SMILES string of the molecule is CN(CC(N)=O)CC(=O)NCc1cccc(Oc2ccccc2)c1.